The van der Waals surface area contributed by atoms with Gasteiger partial charge in [0.05, 0.1) is 12.7 Å². The van der Waals surface area contributed by atoms with Gasteiger partial charge in [0, 0.05) is 25.2 Å². The van der Waals surface area contributed by atoms with Crippen LogP contribution in [-0.2, 0) is 4.79 Å². The predicted octanol–water partition coefficient (Wildman–Crippen LogP) is 2.72. The van der Waals surface area contributed by atoms with Crippen LogP contribution in [0.2, 0.25) is 0 Å². The van der Waals surface area contributed by atoms with E-state index in [0.29, 0.717) is 29.5 Å². The number of likely N-dealkylation sites (N-methyl/N-ethyl adjacent to an activating group) is 1. The van der Waals surface area contributed by atoms with Crippen molar-refractivity contribution in [1.29, 1.82) is 0 Å². The zero-order valence-electron chi connectivity index (χ0n) is 14.7. The molecule has 0 fully saturated rings. The minimum absolute atomic E-state index is 0. The summed E-state index contributed by atoms with van der Waals surface area (Å²) in [5.74, 6) is 1.77. The lowest BCUT2D eigenvalue weighted by Crippen LogP contribution is -2.36. The summed E-state index contributed by atoms with van der Waals surface area (Å²) in [4.78, 5) is 14.3. The lowest BCUT2D eigenvalue weighted by atomic mass is 10.0. The molecule has 2 rings (SSSR count). The van der Waals surface area contributed by atoms with E-state index in [1.165, 1.54) is 0 Å². The molecular formula is C18H27ClN2O3. The number of fused-ring (bicyclic) bond motifs is 1. The van der Waals surface area contributed by atoms with Crippen LogP contribution in [0.25, 0.3) is 6.08 Å². The number of ether oxygens (including phenoxy) is 2. The molecule has 1 aromatic rings. The van der Waals surface area contributed by atoms with Crippen LogP contribution in [0.3, 0.4) is 0 Å². The van der Waals surface area contributed by atoms with Gasteiger partial charge in [-0.05, 0) is 24.5 Å². The first-order valence-electron chi connectivity index (χ1n) is 7.95. The largest absolute Gasteiger partial charge is 0.493 e. The first kappa shape index (κ1) is 20.3. The number of nitrogens with zero attached hydrogens (tertiary/aromatic N) is 1. The van der Waals surface area contributed by atoms with Crippen LogP contribution in [0.1, 0.15) is 25.8 Å². The molecule has 1 amide bonds. The maximum Gasteiger partial charge on any atom is 0.252 e. The van der Waals surface area contributed by atoms with Crippen molar-refractivity contribution in [1.82, 2.24) is 4.90 Å². The molecule has 0 spiro atoms. The van der Waals surface area contributed by atoms with Crippen molar-refractivity contribution in [3.63, 3.8) is 0 Å². The number of halogens is 1. The second-order valence-electron chi connectivity index (χ2n) is 6.26. The summed E-state index contributed by atoms with van der Waals surface area (Å²) in [5.41, 5.74) is 7.56. The Hall–Kier alpha value is -1.72. The number of benzene rings is 1. The van der Waals surface area contributed by atoms with Crippen molar-refractivity contribution in [2.75, 3.05) is 27.3 Å². The third-order valence-electron chi connectivity index (χ3n) is 4.21. The molecule has 1 atom stereocenters. The van der Waals surface area contributed by atoms with Crippen LogP contribution < -0.4 is 15.2 Å². The molecule has 0 aliphatic carbocycles. The van der Waals surface area contributed by atoms with Crippen molar-refractivity contribution >= 4 is 24.4 Å². The van der Waals surface area contributed by atoms with Crippen LogP contribution in [-0.4, -0.2) is 44.2 Å². The Balaban J connectivity index is 0.00000288. The monoisotopic (exact) mass is 354 g/mol. The Kier molecular flexibility index (Phi) is 7.58. The molecule has 1 unspecified atom stereocenters. The number of methoxy groups -OCH3 is 1. The summed E-state index contributed by atoms with van der Waals surface area (Å²) >= 11 is 0. The summed E-state index contributed by atoms with van der Waals surface area (Å²) in [6, 6.07) is 5.75. The fraction of sp³-hybridized carbons (Fsp3) is 0.500. The van der Waals surface area contributed by atoms with Crippen LogP contribution in [0.15, 0.2) is 23.8 Å². The number of hydrogen-bond donors (Lipinski definition) is 1. The Morgan fingerprint density at radius 2 is 2.12 bits per heavy atom. The highest BCUT2D eigenvalue weighted by Gasteiger charge is 2.22. The SMILES string of the molecule is COc1cccc2c1OCC(C(=O)N(C)CCC(N)C(C)C)=C2.Cl. The molecule has 0 radical (unpaired) electrons. The van der Waals surface area contributed by atoms with Crippen LogP contribution in [0.5, 0.6) is 11.5 Å². The molecule has 0 saturated heterocycles. The second kappa shape index (κ2) is 8.94. The van der Waals surface area contributed by atoms with Gasteiger partial charge in [-0.15, -0.1) is 12.4 Å². The number of para-hydroxylation sites is 1. The van der Waals surface area contributed by atoms with Crippen molar-refractivity contribution in [3.8, 4) is 11.5 Å². The minimum atomic E-state index is -0.0190. The lowest BCUT2D eigenvalue weighted by molar-refractivity contribution is -0.126. The maximum atomic E-state index is 12.6. The van der Waals surface area contributed by atoms with Gasteiger partial charge in [-0.3, -0.25) is 4.79 Å². The number of nitrogens with two attached hydrogens (primary N) is 1. The molecule has 0 bridgehead atoms. The van der Waals surface area contributed by atoms with Gasteiger partial charge in [0.15, 0.2) is 11.5 Å². The van der Waals surface area contributed by atoms with Gasteiger partial charge in [0.25, 0.3) is 5.91 Å². The maximum absolute atomic E-state index is 12.6. The van der Waals surface area contributed by atoms with E-state index >= 15 is 0 Å². The average Bonchev–Trinajstić information content (AvgIpc) is 2.57. The van der Waals surface area contributed by atoms with Crippen LogP contribution >= 0.6 is 12.4 Å². The van der Waals surface area contributed by atoms with Gasteiger partial charge >= 0.3 is 0 Å². The average molecular weight is 355 g/mol. The van der Waals surface area contributed by atoms with E-state index in [2.05, 4.69) is 13.8 Å². The van der Waals surface area contributed by atoms with Crippen LogP contribution in [0, 0.1) is 5.92 Å². The molecule has 0 saturated carbocycles. The molecule has 1 heterocycles. The fourth-order valence-corrected chi connectivity index (χ4v) is 2.49. The topological polar surface area (TPSA) is 64.8 Å². The van der Waals surface area contributed by atoms with Crippen molar-refractivity contribution in [2.45, 2.75) is 26.3 Å². The molecule has 1 aliphatic heterocycles. The van der Waals surface area contributed by atoms with Crippen molar-refractivity contribution in [2.24, 2.45) is 11.7 Å². The third-order valence-corrected chi connectivity index (χ3v) is 4.21. The van der Waals surface area contributed by atoms with Gasteiger partial charge in [-0.2, -0.15) is 0 Å². The first-order valence-corrected chi connectivity index (χ1v) is 7.95. The number of carbonyl (C=O) groups excluding carboxylic acids is 1. The fourth-order valence-electron chi connectivity index (χ4n) is 2.49. The van der Waals surface area contributed by atoms with E-state index in [1.807, 2.05) is 24.3 Å². The quantitative estimate of drug-likeness (QED) is 0.853. The molecule has 0 aromatic heterocycles. The third kappa shape index (κ3) is 4.65. The summed E-state index contributed by atoms with van der Waals surface area (Å²) in [6.07, 6.45) is 2.67. The summed E-state index contributed by atoms with van der Waals surface area (Å²) in [5, 5.41) is 0. The van der Waals surface area contributed by atoms with Gasteiger partial charge in [-0.1, -0.05) is 26.0 Å². The molecule has 1 aliphatic rings. The Labute approximate surface area is 150 Å². The van der Waals surface area contributed by atoms with E-state index in [0.717, 1.165) is 12.0 Å². The van der Waals surface area contributed by atoms with Gasteiger partial charge in [0.1, 0.15) is 6.61 Å². The van der Waals surface area contributed by atoms with Crippen LogP contribution in [0.4, 0.5) is 0 Å². The second-order valence-corrected chi connectivity index (χ2v) is 6.26. The van der Waals surface area contributed by atoms with E-state index in [9.17, 15) is 4.79 Å². The summed E-state index contributed by atoms with van der Waals surface area (Å²) in [6.45, 7) is 5.08. The summed E-state index contributed by atoms with van der Waals surface area (Å²) in [7, 11) is 3.41. The Morgan fingerprint density at radius 3 is 2.75 bits per heavy atom. The predicted molar refractivity (Wildman–Crippen MR) is 98.8 cm³/mol. The molecule has 6 heteroatoms. The highest BCUT2D eigenvalue weighted by Crippen LogP contribution is 2.35. The Morgan fingerprint density at radius 1 is 1.42 bits per heavy atom. The molecule has 2 N–H and O–H groups in total. The number of carbonyl (C=O) groups is 1. The highest BCUT2D eigenvalue weighted by atomic mass is 35.5. The minimum Gasteiger partial charge on any atom is -0.493 e. The molecule has 24 heavy (non-hydrogen) atoms. The molecule has 134 valence electrons. The van der Waals surface area contributed by atoms with Crippen molar-refractivity contribution in [3.05, 3.63) is 29.3 Å². The highest BCUT2D eigenvalue weighted by molar-refractivity contribution is 5.99. The molecular weight excluding hydrogens is 328 g/mol. The Bertz CT molecular complexity index is 602. The van der Waals surface area contributed by atoms with E-state index in [4.69, 9.17) is 15.2 Å². The zero-order valence-corrected chi connectivity index (χ0v) is 15.6. The molecule has 1 aromatic carbocycles. The van der Waals surface area contributed by atoms with E-state index in [1.54, 1.807) is 19.1 Å². The van der Waals surface area contributed by atoms with Gasteiger partial charge in [0.2, 0.25) is 0 Å². The van der Waals surface area contributed by atoms with Gasteiger partial charge in [-0.25, -0.2) is 0 Å². The lowest BCUT2D eigenvalue weighted by Gasteiger charge is -2.25. The first-order chi connectivity index (χ1) is 10.9. The number of amides is 1. The smallest absolute Gasteiger partial charge is 0.252 e. The summed E-state index contributed by atoms with van der Waals surface area (Å²) < 4.78 is 11.0. The standard InChI is InChI=1S/C18H26N2O3.ClH/c1-12(2)15(19)8-9-20(3)18(21)14-10-13-6-5-7-16(22-4)17(13)23-11-14;/h5-7,10,12,15H,8-9,11,19H2,1-4H3;1H. The van der Waals surface area contributed by atoms with E-state index < -0.39 is 0 Å². The number of rotatable bonds is 6. The molecule has 5 nitrogen and oxygen atoms in total. The normalized spacial score (nSPS) is 14.0. The van der Waals surface area contributed by atoms with Gasteiger partial charge < -0.3 is 20.1 Å². The zero-order chi connectivity index (χ0) is 17.0. The van der Waals surface area contributed by atoms with E-state index in [-0.39, 0.29) is 31.0 Å². The number of hydrogen-bond acceptors (Lipinski definition) is 4. The van der Waals surface area contributed by atoms with Crippen molar-refractivity contribution < 1.29 is 14.3 Å².